The second-order valence-electron chi connectivity index (χ2n) is 4.56. The fourth-order valence-electron chi connectivity index (χ4n) is 2.10. The Morgan fingerprint density at radius 1 is 1.56 bits per heavy atom. The average Bonchev–Trinajstić information content (AvgIpc) is 2.86. The van der Waals surface area contributed by atoms with Crippen LogP contribution in [0.5, 0.6) is 0 Å². The number of hydrogen-bond acceptors (Lipinski definition) is 5. The molecule has 0 aromatic carbocycles. The highest BCUT2D eigenvalue weighted by Gasteiger charge is 2.34. The van der Waals surface area contributed by atoms with Crippen LogP contribution < -0.4 is 5.32 Å². The molecule has 0 spiro atoms. The molecule has 1 atom stereocenters. The molecule has 0 radical (unpaired) electrons. The first-order valence-corrected chi connectivity index (χ1v) is 6.99. The molecule has 2 aromatic heterocycles. The summed E-state index contributed by atoms with van der Waals surface area (Å²) in [5.41, 5.74) is 0.165. The van der Waals surface area contributed by atoms with Crippen molar-refractivity contribution in [2.45, 2.75) is 18.4 Å². The highest BCUT2D eigenvalue weighted by atomic mass is 32.2. The number of nitrogens with one attached hydrogen (secondary N) is 2. The van der Waals surface area contributed by atoms with E-state index in [0.717, 1.165) is 35.4 Å². The van der Waals surface area contributed by atoms with Crippen LogP contribution in [0.4, 0.5) is 5.82 Å². The standard InChI is InChI=1S/C12H15N4OS/c17-12(3-1-5-18-7-12)6-14-11-9-2-4-13-10(9)15-8-16-11/h2,4-5,8,17H,1,3,6-7H2,(H2,13,14,15,16)/q+1/t12-/m1/s1. The van der Waals surface area contributed by atoms with E-state index in [1.165, 1.54) is 6.33 Å². The van der Waals surface area contributed by atoms with E-state index in [1.807, 2.05) is 12.3 Å². The van der Waals surface area contributed by atoms with Crippen LogP contribution in [-0.2, 0) is 0 Å². The molecule has 0 aliphatic carbocycles. The smallest absolute Gasteiger partial charge is 0.143 e. The number of H-pyrrole nitrogens is 1. The summed E-state index contributed by atoms with van der Waals surface area (Å²) in [5.74, 6) is 3.67. The van der Waals surface area contributed by atoms with Crippen molar-refractivity contribution in [3.8, 4) is 0 Å². The van der Waals surface area contributed by atoms with Crippen molar-refractivity contribution < 1.29 is 5.11 Å². The molecular formula is C12H15N4OS+. The number of aromatic amines is 1. The Bertz CT molecular complexity index is 536. The van der Waals surface area contributed by atoms with E-state index in [4.69, 9.17) is 0 Å². The molecule has 2 aromatic rings. The molecule has 3 rings (SSSR count). The molecule has 94 valence electrons. The van der Waals surface area contributed by atoms with E-state index in [0.29, 0.717) is 6.54 Å². The molecular weight excluding hydrogens is 248 g/mol. The van der Waals surface area contributed by atoms with Gasteiger partial charge in [-0.05, 0) is 6.07 Å². The van der Waals surface area contributed by atoms with Gasteiger partial charge in [0.25, 0.3) is 0 Å². The van der Waals surface area contributed by atoms with Gasteiger partial charge in [0, 0.05) is 19.2 Å². The summed E-state index contributed by atoms with van der Waals surface area (Å²) in [7, 11) is 0. The molecule has 6 heteroatoms. The normalized spacial score (nSPS) is 23.8. The summed E-state index contributed by atoms with van der Waals surface area (Å²) in [6.07, 6.45) is 5.11. The van der Waals surface area contributed by atoms with Gasteiger partial charge in [-0.3, -0.25) is 0 Å². The lowest BCUT2D eigenvalue weighted by Crippen LogP contribution is -2.41. The van der Waals surface area contributed by atoms with Gasteiger partial charge in [-0.2, -0.15) is 0 Å². The minimum absolute atomic E-state index is 0.519. The molecule has 1 aliphatic heterocycles. The van der Waals surface area contributed by atoms with Crippen molar-refractivity contribution in [2.75, 3.05) is 17.6 Å². The topological polar surface area (TPSA) is 73.8 Å². The molecule has 5 nitrogen and oxygen atoms in total. The Morgan fingerprint density at radius 2 is 2.50 bits per heavy atom. The maximum atomic E-state index is 10.4. The van der Waals surface area contributed by atoms with E-state index >= 15 is 0 Å². The SMILES string of the molecule is O[C@@]1(CNc2ncnc3[nH]ccc23)CC[CH+]SC1. The van der Waals surface area contributed by atoms with Crippen molar-refractivity contribution in [2.24, 2.45) is 0 Å². The van der Waals surface area contributed by atoms with E-state index in [9.17, 15) is 5.11 Å². The molecule has 3 N–H and O–H groups in total. The van der Waals surface area contributed by atoms with E-state index < -0.39 is 5.60 Å². The van der Waals surface area contributed by atoms with Crippen LogP contribution in [0.25, 0.3) is 11.0 Å². The zero-order valence-electron chi connectivity index (χ0n) is 9.89. The van der Waals surface area contributed by atoms with E-state index in [-0.39, 0.29) is 0 Å². The average molecular weight is 263 g/mol. The number of nitrogens with zero attached hydrogens (tertiary/aromatic N) is 2. The molecule has 1 aliphatic rings. The second kappa shape index (κ2) is 4.70. The Labute approximate surface area is 109 Å². The summed E-state index contributed by atoms with van der Waals surface area (Å²) < 4.78 is 0. The first-order chi connectivity index (χ1) is 8.77. The fraction of sp³-hybridized carbons (Fsp3) is 0.417. The predicted octanol–water partition coefficient (Wildman–Crippen LogP) is 1.79. The van der Waals surface area contributed by atoms with Crippen LogP contribution in [0.2, 0.25) is 0 Å². The molecule has 0 unspecified atom stereocenters. The first-order valence-electron chi connectivity index (χ1n) is 5.94. The summed E-state index contributed by atoms with van der Waals surface area (Å²) in [5, 5.41) is 14.6. The molecule has 1 fully saturated rings. The number of aliphatic hydroxyl groups is 1. The van der Waals surface area contributed by atoms with Crippen molar-refractivity contribution in [3.63, 3.8) is 0 Å². The summed E-state index contributed by atoms with van der Waals surface area (Å²) >= 11 is 1.69. The Hall–Kier alpha value is -1.40. The van der Waals surface area contributed by atoms with Gasteiger partial charge in [-0.25, -0.2) is 9.97 Å². The minimum atomic E-state index is -0.646. The maximum absolute atomic E-state index is 10.4. The van der Waals surface area contributed by atoms with Gasteiger partial charge in [0.2, 0.25) is 0 Å². The van der Waals surface area contributed by atoms with Gasteiger partial charge in [0.15, 0.2) is 0 Å². The van der Waals surface area contributed by atoms with Gasteiger partial charge in [0.1, 0.15) is 30.0 Å². The third kappa shape index (κ3) is 2.26. The Morgan fingerprint density at radius 3 is 3.33 bits per heavy atom. The molecule has 0 saturated carbocycles. The number of thioether (sulfide) groups is 1. The number of aromatic nitrogens is 3. The Balaban J connectivity index is 1.74. The summed E-state index contributed by atoms with van der Waals surface area (Å²) in [6, 6.07) is 1.94. The fourth-order valence-corrected chi connectivity index (χ4v) is 3.06. The molecule has 1 saturated heterocycles. The third-order valence-corrected chi connectivity index (χ3v) is 4.31. The molecule has 3 heterocycles. The predicted molar refractivity (Wildman–Crippen MR) is 73.3 cm³/mol. The molecule has 0 amide bonds. The minimum Gasteiger partial charge on any atom is -0.387 e. The van der Waals surface area contributed by atoms with Gasteiger partial charge >= 0.3 is 0 Å². The second-order valence-corrected chi connectivity index (χ2v) is 5.51. The lowest BCUT2D eigenvalue weighted by atomic mass is 10.00. The summed E-state index contributed by atoms with van der Waals surface area (Å²) in [6.45, 7) is 0.519. The Kier molecular flexibility index (Phi) is 3.05. The van der Waals surface area contributed by atoms with Gasteiger partial charge in [-0.15, -0.1) is 0 Å². The van der Waals surface area contributed by atoms with Gasteiger partial charge in [-0.1, -0.05) is 0 Å². The number of rotatable bonds is 3. The van der Waals surface area contributed by atoms with Gasteiger partial charge < -0.3 is 15.4 Å². The highest BCUT2D eigenvalue weighted by Crippen LogP contribution is 2.30. The van der Waals surface area contributed by atoms with Crippen LogP contribution in [-0.4, -0.2) is 38.0 Å². The maximum Gasteiger partial charge on any atom is 0.143 e. The largest absolute Gasteiger partial charge is 0.387 e. The van der Waals surface area contributed by atoms with Crippen LogP contribution >= 0.6 is 11.8 Å². The zero-order valence-corrected chi connectivity index (χ0v) is 10.7. The third-order valence-electron chi connectivity index (χ3n) is 3.14. The quantitative estimate of drug-likeness (QED) is 0.736. The van der Waals surface area contributed by atoms with E-state index in [2.05, 4.69) is 26.0 Å². The highest BCUT2D eigenvalue weighted by molar-refractivity contribution is 8.01. The van der Waals surface area contributed by atoms with Crippen molar-refractivity contribution >= 4 is 28.6 Å². The zero-order chi connectivity index (χ0) is 12.4. The molecule has 18 heavy (non-hydrogen) atoms. The summed E-state index contributed by atoms with van der Waals surface area (Å²) in [4.78, 5) is 11.4. The van der Waals surface area contributed by atoms with Crippen molar-refractivity contribution in [3.05, 3.63) is 24.3 Å². The number of hydrogen-bond donors (Lipinski definition) is 3. The lowest BCUT2D eigenvalue weighted by molar-refractivity contribution is 0.0677. The van der Waals surface area contributed by atoms with Crippen molar-refractivity contribution in [1.29, 1.82) is 0 Å². The van der Waals surface area contributed by atoms with Crippen molar-refractivity contribution in [1.82, 2.24) is 15.0 Å². The number of fused-ring (bicyclic) bond motifs is 1. The lowest BCUT2D eigenvalue weighted by Gasteiger charge is -2.28. The molecule has 0 bridgehead atoms. The van der Waals surface area contributed by atoms with E-state index in [1.54, 1.807) is 11.8 Å². The first kappa shape index (κ1) is 11.7. The monoisotopic (exact) mass is 263 g/mol. The van der Waals surface area contributed by atoms with Crippen LogP contribution in [0.1, 0.15) is 12.8 Å². The van der Waals surface area contributed by atoms with Crippen LogP contribution in [0.3, 0.4) is 0 Å². The van der Waals surface area contributed by atoms with Crippen LogP contribution in [0.15, 0.2) is 18.6 Å². The van der Waals surface area contributed by atoms with Gasteiger partial charge in [0.05, 0.1) is 28.5 Å². The number of anilines is 1. The van der Waals surface area contributed by atoms with Crippen LogP contribution in [0, 0.1) is 5.75 Å².